The van der Waals surface area contributed by atoms with Crippen LogP contribution in [0, 0.1) is 0 Å². The number of piperazine rings is 1. The molecule has 0 aromatic carbocycles. The number of hydrogen-bond donors (Lipinski definition) is 2. The summed E-state index contributed by atoms with van der Waals surface area (Å²) >= 11 is 0. The third kappa shape index (κ3) is 4.57. The predicted octanol–water partition coefficient (Wildman–Crippen LogP) is 1.01. The van der Waals surface area contributed by atoms with E-state index in [4.69, 9.17) is 10.5 Å². The van der Waals surface area contributed by atoms with Gasteiger partial charge in [0.25, 0.3) is 0 Å². The van der Waals surface area contributed by atoms with Crippen LogP contribution in [0.2, 0.25) is 0 Å². The molecule has 128 valence electrons. The van der Waals surface area contributed by atoms with Crippen molar-refractivity contribution in [1.82, 2.24) is 15.1 Å². The van der Waals surface area contributed by atoms with Gasteiger partial charge in [-0.3, -0.25) is 9.80 Å². The van der Waals surface area contributed by atoms with Crippen molar-refractivity contribution in [2.45, 2.75) is 64.3 Å². The van der Waals surface area contributed by atoms with Crippen LogP contribution in [0.4, 0.5) is 4.79 Å². The number of carbonyl (C=O) groups excluding carboxylic acids is 1. The first-order chi connectivity index (χ1) is 10.3. The van der Waals surface area contributed by atoms with Crippen LogP contribution in [-0.4, -0.2) is 72.3 Å². The van der Waals surface area contributed by atoms with Crippen LogP contribution in [-0.2, 0) is 4.74 Å². The second kappa shape index (κ2) is 7.15. The molecule has 2 aliphatic rings. The molecule has 2 fully saturated rings. The third-order valence-electron chi connectivity index (χ3n) is 4.65. The number of fused-ring (bicyclic) bond motifs is 1. The zero-order chi connectivity index (χ0) is 16.3. The van der Waals surface area contributed by atoms with Gasteiger partial charge in [-0.05, 0) is 47.1 Å². The summed E-state index contributed by atoms with van der Waals surface area (Å²) in [4.78, 5) is 17.0. The van der Waals surface area contributed by atoms with Crippen molar-refractivity contribution in [3.63, 3.8) is 0 Å². The van der Waals surface area contributed by atoms with E-state index in [1.54, 1.807) is 0 Å². The van der Waals surface area contributed by atoms with Crippen LogP contribution in [0.25, 0.3) is 0 Å². The first-order valence-corrected chi connectivity index (χ1v) is 8.48. The van der Waals surface area contributed by atoms with Gasteiger partial charge in [0, 0.05) is 44.3 Å². The Bertz CT molecular complexity index is 383. The van der Waals surface area contributed by atoms with Crippen LogP contribution in [0.5, 0.6) is 0 Å². The Morgan fingerprint density at radius 1 is 1.36 bits per heavy atom. The molecule has 6 nitrogen and oxygen atoms in total. The topological polar surface area (TPSA) is 70.8 Å². The summed E-state index contributed by atoms with van der Waals surface area (Å²) in [6.07, 6.45) is 2.22. The van der Waals surface area contributed by atoms with Gasteiger partial charge in [-0.25, -0.2) is 4.79 Å². The Morgan fingerprint density at radius 2 is 2.09 bits per heavy atom. The molecule has 0 bridgehead atoms. The van der Waals surface area contributed by atoms with Crippen LogP contribution in [0.15, 0.2) is 0 Å². The number of amides is 1. The largest absolute Gasteiger partial charge is 0.444 e. The highest BCUT2D eigenvalue weighted by Crippen LogP contribution is 2.23. The molecule has 2 saturated heterocycles. The van der Waals surface area contributed by atoms with Crippen molar-refractivity contribution in [2.75, 3.05) is 32.7 Å². The lowest BCUT2D eigenvalue weighted by molar-refractivity contribution is 0.0388. The van der Waals surface area contributed by atoms with Crippen LogP contribution in [0.3, 0.4) is 0 Å². The molecular formula is C16H32N4O2. The zero-order valence-electron chi connectivity index (χ0n) is 14.5. The Labute approximate surface area is 134 Å². The Balaban J connectivity index is 1.88. The fourth-order valence-electron chi connectivity index (χ4n) is 3.58. The summed E-state index contributed by atoms with van der Waals surface area (Å²) < 4.78 is 5.34. The molecule has 2 heterocycles. The number of nitrogens with one attached hydrogen (secondary N) is 1. The van der Waals surface area contributed by atoms with Crippen LogP contribution in [0.1, 0.15) is 40.5 Å². The lowest BCUT2D eigenvalue weighted by atomic mass is 10.0. The predicted molar refractivity (Wildman–Crippen MR) is 87.8 cm³/mol. The number of nitrogens with zero attached hydrogens (tertiary/aromatic N) is 2. The van der Waals surface area contributed by atoms with Gasteiger partial charge in [-0.15, -0.1) is 0 Å². The fraction of sp³-hybridized carbons (Fsp3) is 0.938. The molecular weight excluding hydrogens is 280 g/mol. The van der Waals surface area contributed by atoms with E-state index in [-0.39, 0.29) is 18.2 Å². The van der Waals surface area contributed by atoms with Gasteiger partial charge in [-0.2, -0.15) is 0 Å². The van der Waals surface area contributed by atoms with E-state index in [2.05, 4.69) is 15.1 Å². The normalized spacial score (nSPS) is 26.3. The van der Waals surface area contributed by atoms with Crippen molar-refractivity contribution in [3.05, 3.63) is 0 Å². The molecule has 0 spiro atoms. The minimum atomic E-state index is -0.475. The van der Waals surface area contributed by atoms with Crippen LogP contribution < -0.4 is 11.1 Å². The summed E-state index contributed by atoms with van der Waals surface area (Å²) in [6.45, 7) is 12.6. The van der Waals surface area contributed by atoms with Gasteiger partial charge in [0.1, 0.15) is 5.60 Å². The standard InChI is InChI=1S/C16H32N4O2/c1-12(18-15(21)22-16(2,3)4)14(10-17)20-9-8-19-7-5-6-13(19)11-20/h12-14H,5-11,17H2,1-4H3,(H,18,21). The molecule has 0 aliphatic carbocycles. The van der Waals surface area contributed by atoms with E-state index in [0.717, 1.165) is 19.6 Å². The summed E-state index contributed by atoms with van der Waals surface area (Å²) in [5.74, 6) is 0. The highest BCUT2D eigenvalue weighted by molar-refractivity contribution is 5.68. The number of carbonyl (C=O) groups is 1. The highest BCUT2D eigenvalue weighted by atomic mass is 16.6. The number of rotatable bonds is 4. The maximum atomic E-state index is 12.0. The lowest BCUT2D eigenvalue weighted by Crippen LogP contribution is -2.60. The molecule has 0 aromatic heterocycles. The van der Waals surface area contributed by atoms with Gasteiger partial charge in [0.05, 0.1) is 0 Å². The van der Waals surface area contributed by atoms with Crippen molar-refractivity contribution >= 4 is 6.09 Å². The summed E-state index contributed by atoms with van der Waals surface area (Å²) in [7, 11) is 0. The number of nitrogens with two attached hydrogens (primary N) is 1. The summed E-state index contributed by atoms with van der Waals surface area (Å²) in [6, 6.07) is 0.805. The molecule has 1 amide bonds. The van der Waals surface area contributed by atoms with E-state index in [9.17, 15) is 4.79 Å². The molecule has 0 saturated carbocycles. The van der Waals surface area contributed by atoms with E-state index >= 15 is 0 Å². The fourth-order valence-corrected chi connectivity index (χ4v) is 3.58. The van der Waals surface area contributed by atoms with Gasteiger partial charge in [0.15, 0.2) is 0 Å². The van der Waals surface area contributed by atoms with Gasteiger partial charge >= 0.3 is 6.09 Å². The number of ether oxygens (including phenoxy) is 1. The zero-order valence-corrected chi connectivity index (χ0v) is 14.5. The second-order valence-electron chi connectivity index (χ2n) is 7.56. The minimum absolute atomic E-state index is 0.0206. The SMILES string of the molecule is CC(NC(=O)OC(C)(C)C)C(CN)N1CCN2CCCC2C1. The van der Waals surface area contributed by atoms with Crippen molar-refractivity contribution in [2.24, 2.45) is 5.73 Å². The maximum Gasteiger partial charge on any atom is 0.407 e. The quantitative estimate of drug-likeness (QED) is 0.810. The average Bonchev–Trinajstić information content (AvgIpc) is 2.84. The van der Waals surface area contributed by atoms with Gasteiger partial charge in [-0.1, -0.05) is 0 Å². The lowest BCUT2D eigenvalue weighted by Gasteiger charge is -2.43. The average molecular weight is 312 g/mol. The molecule has 0 radical (unpaired) electrons. The Kier molecular flexibility index (Phi) is 5.69. The molecule has 0 aromatic rings. The number of alkyl carbamates (subject to hydrolysis) is 1. The second-order valence-corrected chi connectivity index (χ2v) is 7.56. The monoisotopic (exact) mass is 312 g/mol. The van der Waals surface area contributed by atoms with E-state index in [1.807, 2.05) is 27.7 Å². The molecule has 3 atom stereocenters. The van der Waals surface area contributed by atoms with Gasteiger partial charge < -0.3 is 15.8 Å². The smallest absolute Gasteiger partial charge is 0.407 e. The van der Waals surface area contributed by atoms with E-state index < -0.39 is 5.60 Å². The molecule has 3 N–H and O–H groups in total. The Hall–Kier alpha value is -0.850. The highest BCUT2D eigenvalue weighted by Gasteiger charge is 2.35. The molecule has 2 aliphatic heterocycles. The first-order valence-electron chi connectivity index (χ1n) is 8.48. The molecule has 22 heavy (non-hydrogen) atoms. The summed E-state index contributed by atoms with van der Waals surface area (Å²) in [5.41, 5.74) is 5.52. The number of hydrogen-bond acceptors (Lipinski definition) is 5. The maximum absolute atomic E-state index is 12.0. The van der Waals surface area contributed by atoms with Crippen molar-refractivity contribution < 1.29 is 9.53 Å². The molecule has 3 unspecified atom stereocenters. The third-order valence-corrected chi connectivity index (χ3v) is 4.65. The summed E-state index contributed by atoms with van der Waals surface area (Å²) in [5, 5.41) is 2.95. The Morgan fingerprint density at radius 3 is 2.73 bits per heavy atom. The van der Waals surface area contributed by atoms with Gasteiger partial charge in [0.2, 0.25) is 0 Å². The van der Waals surface area contributed by atoms with Crippen molar-refractivity contribution in [1.29, 1.82) is 0 Å². The molecule has 6 heteroatoms. The van der Waals surface area contributed by atoms with Crippen LogP contribution >= 0.6 is 0 Å². The van der Waals surface area contributed by atoms with E-state index in [0.29, 0.717) is 12.6 Å². The molecule has 2 rings (SSSR count). The van der Waals surface area contributed by atoms with E-state index in [1.165, 1.54) is 19.4 Å². The minimum Gasteiger partial charge on any atom is -0.444 e. The first kappa shape index (κ1) is 17.5. The van der Waals surface area contributed by atoms with Crippen molar-refractivity contribution in [3.8, 4) is 0 Å².